The molecule has 9 nitrogen and oxygen atoms in total. The number of nitrogens with one attached hydrogen (secondary N) is 1. The number of rotatable bonds is 9. The molecule has 1 amide bonds. The van der Waals surface area contributed by atoms with Gasteiger partial charge in [0.05, 0.1) is 38.8 Å². The molecule has 2 N–H and O–H groups in total. The summed E-state index contributed by atoms with van der Waals surface area (Å²) in [7, 11) is 4.67. The average molecular weight is 431 g/mol. The summed E-state index contributed by atoms with van der Waals surface area (Å²) in [5.41, 5.74) is 1.05. The molecule has 1 fully saturated rings. The minimum atomic E-state index is -0.470. The van der Waals surface area contributed by atoms with Gasteiger partial charge in [0, 0.05) is 51.5 Å². The van der Waals surface area contributed by atoms with Crippen LogP contribution in [0.1, 0.15) is 10.4 Å². The van der Waals surface area contributed by atoms with Crippen LogP contribution >= 0.6 is 0 Å². The Balaban J connectivity index is 1.56. The molecule has 1 atom stereocenters. The normalized spacial score (nSPS) is 15.4. The number of ether oxygens (including phenoxy) is 3. The van der Waals surface area contributed by atoms with E-state index in [1.807, 2.05) is 12.1 Å². The van der Waals surface area contributed by atoms with Crippen LogP contribution in [0.15, 0.2) is 36.5 Å². The molecule has 1 aromatic carbocycles. The Kier molecular flexibility index (Phi) is 8.05. The fraction of sp³-hybridized carbons (Fsp3) is 0.455. The van der Waals surface area contributed by atoms with Gasteiger partial charge in [-0.15, -0.1) is 0 Å². The Morgan fingerprint density at radius 1 is 1.10 bits per heavy atom. The summed E-state index contributed by atoms with van der Waals surface area (Å²) >= 11 is 0. The topological polar surface area (TPSA) is 96.4 Å². The lowest BCUT2D eigenvalue weighted by molar-refractivity contribution is 0.0365. The highest BCUT2D eigenvalue weighted by atomic mass is 16.5. The van der Waals surface area contributed by atoms with Crippen LogP contribution in [0.5, 0.6) is 11.5 Å². The van der Waals surface area contributed by atoms with E-state index in [1.165, 1.54) is 0 Å². The van der Waals surface area contributed by atoms with Crippen molar-refractivity contribution in [1.29, 1.82) is 0 Å². The lowest BCUT2D eigenvalue weighted by Crippen LogP contribution is -2.49. The number of benzene rings is 1. The first kappa shape index (κ1) is 22.8. The first-order valence-electron chi connectivity index (χ1n) is 10.2. The number of amides is 1. The first-order valence-corrected chi connectivity index (χ1v) is 10.2. The van der Waals surface area contributed by atoms with Crippen LogP contribution in [0.2, 0.25) is 0 Å². The van der Waals surface area contributed by atoms with Gasteiger partial charge in [-0.1, -0.05) is 0 Å². The maximum absolute atomic E-state index is 12.6. The lowest BCUT2D eigenvalue weighted by atomic mass is 10.2. The monoisotopic (exact) mass is 430 g/mol. The van der Waals surface area contributed by atoms with Crippen molar-refractivity contribution in [2.45, 2.75) is 6.10 Å². The van der Waals surface area contributed by atoms with Gasteiger partial charge in [-0.3, -0.25) is 9.69 Å². The molecule has 1 aliphatic heterocycles. The molecule has 0 radical (unpaired) electrons. The second-order valence-corrected chi connectivity index (χ2v) is 7.36. The van der Waals surface area contributed by atoms with Crippen LogP contribution in [-0.2, 0) is 4.74 Å². The number of aliphatic hydroxyl groups is 1. The van der Waals surface area contributed by atoms with Crippen molar-refractivity contribution in [3.8, 4) is 11.5 Å². The van der Waals surface area contributed by atoms with Crippen molar-refractivity contribution < 1.29 is 24.1 Å². The van der Waals surface area contributed by atoms with Crippen molar-refractivity contribution >= 4 is 17.4 Å². The van der Waals surface area contributed by atoms with Crippen molar-refractivity contribution in [3.63, 3.8) is 0 Å². The third-order valence-corrected chi connectivity index (χ3v) is 5.14. The van der Waals surface area contributed by atoms with E-state index >= 15 is 0 Å². The average Bonchev–Trinajstić information content (AvgIpc) is 2.80. The van der Waals surface area contributed by atoms with Crippen LogP contribution in [0.3, 0.4) is 0 Å². The second-order valence-electron chi connectivity index (χ2n) is 7.36. The smallest absolute Gasteiger partial charge is 0.255 e. The SMILES string of the molecule is COCC(O)CN1CCN(c2ccc(NC(=O)c3cc(OC)cc(OC)c3)cn2)CC1. The largest absolute Gasteiger partial charge is 0.497 e. The van der Waals surface area contributed by atoms with E-state index in [2.05, 4.69) is 20.1 Å². The predicted molar refractivity (Wildman–Crippen MR) is 118 cm³/mol. The van der Waals surface area contributed by atoms with Gasteiger partial charge in [-0.25, -0.2) is 4.98 Å². The quantitative estimate of drug-likeness (QED) is 0.618. The molecule has 31 heavy (non-hydrogen) atoms. The van der Waals surface area contributed by atoms with Crippen molar-refractivity contribution in [1.82, 2.24) is 9.88 Å². The van der Waals surface area contributed by atoms with Gasteiger partial charge in [0.1, 0.15) is 17.3 Å². The van der Waals surface area contributed by atoms with E-state index < -0.39 is 6.10 Å². The van der Waals surface area contributed by atoms with Gasteiger partial charge < -0.3 is 29.5 Å². The summed E-state index contributed by atoms with van der Waals surface area (Å²) in [6, 6.07) is 8.76. The molecule has 3 rings (SSSR count). The lowest BCUT2D eigenvalue weighted by Gasteiger charge is -2.36. The molecule has 0 bridgehead atoms. The van der Waals surface area contributed by atoms with E-state index in [4.69, 9.17) is 14.2 Å². The van der Waals surface area contributed by atoms with Crippen molar-refractivity contribution in [2.24, 2.45) is 0 Å². The Hall–Kier alpha value is -2.88. The number of β-amino-alcohol motifs (C(OH)–C–C–N with tert-alkyl or cyclic N) is 1. The van der Waals surface area contributed by atoms with Gasteiger partial charge in [0.25, 0.3) is 5.91 Å². The molecular formula is C22H30N4O5. The van der Waals surface area contributed by atoms with Crippen LogP contribution in [0, 0.1) is 0 Å². The summed E-state index contributed by atoms with van der Waals surface area (Å²) in [5, 5.41) is 12.7. The Labute approximate surface area is 182 Å². The summed E-state index contributed by atoms with van der Waals surface area (Å²) in [6.45, 7) is 4.29. The number of hydrogen-bond acceptors (Lipinski definition) is 8. The van der Waals surface area contributed by atoms with Crippen molar-refractivity contribution in [2.75, 3.05) is 70.9 Å². The number of carbonyl (C=O) groups excluding carboxylic acids is 1. The predicted octanol–water partition coefficient (Wildman–Crippen LogP) is 1.48. The zero-order chi connectivity index (χ0) is 22.2. The van der Waals surface area contributed by atoms with Gasteiger partial charge in [0.2, 0.25) is 0 Å². The molecule has 2 heterocycles. The van der Waals surface area contributed by atoms with Crippen LogP contribution < -0.4 is 19.7 Å². The Morgan fingerprint density at radius 2 is 1.77 bits per heavy atom. The number of aromatic nitrogens is 1. The third kappa shape index (κ3) is 6.30. The van der Waals surface area contributed by atoms with Gasteiger partial charge >= 0.3 is 0 Å². The van der Waals surface area contributed by atoms with Crippen LogP contribution in [0.4, 0.5) is 11.5 Å². The summed E-state index contributed by atoms with van der Waals surface area (Å²) in [5.74, 6) is 1.69. The Morgan fingerprint density at radius 3 is 2.32 bits per heavy atom. The fourth-order valence-corrected chi connectivity index (χ4v) is 3.49. The molecule has 0 saturated carbocycles. The maximum Gasteiger partial charge on any atom is 0.255 e. The van der Waals surface area contributed by atoms with E-state index in [0.29, 0.717) is 35.9 Å². The highest BCUT2D eigenvalue weighted by Crippen LogP contribution is 2.23. The minimum absolute atomic E-state index is 0.269. The van der Waals surface area contributed by atoms with Gasteiger partial charge in [-0.05, 0) is 24.3 Å². The fourth-order valence-electron chi connectivity index (χ4n) is 3.49. The highest BCUT2D eigenvalue weighted by Gasteiger charge is 2.20. The molecule has 1 aromatic heterocycles. The number of nitrogens with zero attached hydrogens (tertiary/aromatic N) is 3. The van der Waals surface area contributed by atoms with E-state index in [0.717, 1.165) is 32.0 Å². The molecule has 0 spiro atoms. The number of aliphatic hydroxyl groups excluding tert-OH is 1. The van der Waals surface area contributed by atoms with E-state index in [-0.39, 0.29) is 5.91 Å². The molecule has 9 heteroatoms. The van der Waals surface area contributed by atoms with E-state index in [9.17, 15) is 9.90 Å². The first-order chi connectivity index (χ1) is 15.0. The van der Waals surface area contributed by atoms with Crippen LogP contribution in [0.25, 0.3) is 0 Å². The van der Waals surface area contributed by atoms with Crippen molar-refractivity contribution in [3.05, 3.63) is 42.1 Å². The van der Waals surface area contributed by atoms with Crippen LogP contribution in [-0.4, -0.2) is 87.7 Å². The summed E-state index contributed by atoms with van der Waals surface area (Å²) in [4.78, 5) is 21.5. The highest BCUT2D eigenvalue weighted by molar-refractivity contribution is 6.04. The molecular weight excluding hydrogens is 400 g/mol. The molecule has 1 saturated heterocycles. The molecule has 168 valence electrons. The molecule has 1 aliphatic rings. The number of piperazine rings is 1. The zero-order valence-corrected chi connectivity index (χ0v) is 18.2. The minimum Gasteiger partial charge on any atom is -0.497 e. The number of pyridine rings is 1. The standard InChI is InChI=1S/C22H30N4O5/c1-29-15-18(27)14-25-6-8-26(9-7-25)21-5-4-17(13-23-21)24-22(28)16-10-19(30-2)12-20(11-16)31-3/h4-5,10-13,18,27H,6-9,14-15H2,1-3H3,(H,24,28). The Bertz CT molecular complexity index is 831. The molecule has 0 aliphatic carbocycles. The number of methoxy groups -OCH3 is 3. The zero-order valence-electron chi connectivity index (χ0n) is 18.2. The summed E-state index contributed by atoms with van der Waals surface area (Å²) in [6.07, 6.45) is 1.18. The molecule has 2 aromatic rings. The van der Waals surface area contributed by atoms with Gasteiger partial charge in [0.15, 0.2) is 0 Å². The van der Waals surface area contributed by atoms with E-state index in [1.54, 1.807) is 45.7 Å². The molecule has 1 unspecified atom stereocenters. The number of carbonyl (C=O) groups is 1. The number of hydrogen-bond donors (Lipinski definition) is 2. The van der Waals surface area contributed by atoms with Gasteiger partial charge in [-0.2, -0.15) is 0 Å². The maximum atomic E-state index is 12.6. The summed E-state index contributed by atoms with van der Waals surface area (Å²) < 4.78 is 15.4. The number of anilines is 2. The second kappa shape index (κ2) is 10.9. The third-order valence-electron chi connectivity index (χ3n) is 5.14.